The van der Waals surface area contributed by atoms with Gasteiger partial charge in [0.05, 0.1) is 109 Å². The Balaban J connectivity index is 0.000000119. The van der Waals surface area contributed by atoms with Gasteiger partial charge in [-0.25, -0.2) is 157 Å². The van der Waals surface area contributed by atoms with Crippen molar-refractivity contribution >= 4 is 60.6 Å². The number of amides is 1. The Kier molecular flexibility index (Phi) is 27.3. The molecular formula is C94H72F10N30O3S. The van der Waals surface area contributed by atoms with Crippen LogP contribution in [0.3, 0.4) is 0 Å². The van der Waals surface area contributed by atoms with Gasteiger partial charge in [-0.2, -0.15) is 5.26 Å². The number of carbonyl (C=O) groups is 1. The predicted molar refractivity (Wildman–Crippen MR) is 487 cm³/mol. The van der Waals surface area contributed by atoms with Crippen LogP contribution in [0.15, 0.2) is 264 Å². The molecular weight excluding hydrogens is 1820 g/mol. The Hall–Kier alpha value is -17.2. The van der Waals surface area contributed by atoms with Crippen LogP contribution in [0.2, 0.25) is 0 Å². The molecule has 1 aliphatic heterocycles. The van der Waals surface area contributed by atoms with Crippen molar-refractivity contribution in [2.75, 3.05) is 19.3 Å². The normalized spacial score (nSPS) is 12.2. The van der Waals surface area contributed by atoms with Crippen molar-refractivity contribution in [2.24, 2.45) is 12.8 Å². The fraction of sp³-hybridized carbons (Fsp3) is 0.149. The van der Waals surface area contributed by atoms with E-state index < -0.39 is 42.2 Å². The van der Waals surface area contributed by atoms with Gasteiger partial charge in [-0.05, 0) is 95.4 Å². The van der Waals surface area contributed by atoms with Gasteiger partial charge >= 0.3 is 0 Å². The standard InChI is InChI=1S/C20H14F2N6.C19H16F2N6O2S.C19H12F2N6.C18H16F2N6O.C18H14F2N6/c1-27-7-5-13-8-12(2-3-16(13)27)14-4-6-23-20(26-14)17-9-25-18-10-24-15(19(21)22)11-28(17)18;1-30(28,29)25-8-12-3-2-4-13(7-12)14-5-6-22-19(26-14)16-9-24-17-10-23-15(18(20)21)11-27(16)17;20-18(21)15-11-27-16(9-25-17(27)10-24-15)19-23-7-5-14(26-19)13-3-1-2-12(8-13)4-6-22;1-11(27)25-6-3-12(4-7-25)13-2-5-21-18(24-13)15-8-23-16-9-22-14(17(19)20)10-26(15)16;19-17(20)14-10-26-15(8-24-16(26)9-23-14)18-22-5-4-13(25-18)12-3-1-2-11(6-12)7-21/h2-11,19H,1H3;2-7,9-11,18,25H,8H2,1H3;1-3,5,7-11,18H,4H2;2-3,5,8-10,17H,4,6-7H2,1H3;1-6,8-10,17H,7,21H2. The van der Waals surface area contributed by atoms with Crippen LogP contribution in [0.1, 0.15) is 96.3 Å². The van der Waals surface area contributed by atoms with E-state index in [9.17, 15) is 57.1 Å². The molecule has 0 spiro atoms. The highest BCUT2D eigenvalue weighted by molar-refractivity contribution is 7.88. The smallest absolute Gasteiger partial charge is 0.281 e. The molecule has 0 aliphatic carbocycles. The van der Waals surface area contributed by atoms with Crippen molar-refractivity contribution in [2.45, 2.75) is 65.0 Å². The Labute approximate surface area is 775 Å². The van der Waals surface area contributed by atoms with Crippen LogP contribution in [0, 0.1) is 11.3 Å². The number of benzene rings is 4. The fourth-order valence-electron chi connectivity index (χ4n) is 14.6. The van der Waals surface area contributed by atoms with Gasteiger partial charge in [-0.15, -0.1) is 0 Å². The number of hydrogen-bond donors (Lipinski definition) is 2. The summed E-state index contributed by atoms with van der Waals surface area (Å²) in [5, 5.41) is 9.98. The van der Waals surface area contributed by atoms with E-state index >= 15 is 0 Å². The topological polar surface area (TPSA) is 401 Å². The zero-order chi connectivity index (χ0) is 96.4. The molecule has 692 valence electrons. The van der Waals surface area contributed by atoms with Gasteiger partial charge < -0.3 is 15.2 Å². The average Bonchev–Trinajstić information content (AvgIpc) is 1.66. The zero-order valence-electron chi connectivity index (χ0n) is 72.5. The number of nitrogens with zero attached hydrogens (tertiary/aromatic N) is 28. The van der Waals surface area contributed by atoms with E-state index in [0.717, 1.165) is 73.1 Å². The number of sulfonamides is 1. The number of halogens is 10. The van der Waals surface area contributed by atoms with Crippen molar-refractivity contribution in [3.05, 3.63) is 314 Å². The zero-order valence-corrected chi connectivity index (χ0v) is 73.3. The molecule has 1 amide bonds. The molecule has 20 aromatic rings. The van der Waals surface area contributed by atoms with Crippen molar-refractivity contribution in [1.29, 1.82) is 5.26 Å². The van der Waals surface area contributed by atoms with E-state index in [0.29, 0.717) is 135 Å². The molecule has 0 radical (unpaired) electrons. The minimum atomic E-state index is -3.31. The van der Waals surface area contributed by atoms with E-state index in [1.54, 1.807) is 91.6 Å². The van der Waals surface area contributed by atoms with E-state index in [2.05, 4.69) is 121 Å². The summed E-state index contributed by atoms with van der Waals surface area (Å²) >= 11 is 0. The number of nitrogens with one attached hydrogen (secondary N) is 1. The van der Waals surface area contributed by atoms with Gasteiger partial charge in [0.25, 0.3) is 32.1 Å². The van der Waals surface area contributed by atoms with Crippen molar-refractivity contribution in [3.63, 3.8) is 0 Å². The van der Waals surface area contributed by atoms with Crippen LogP contribution in [0.25, 0.3) is 147 Å². The minimum absolute atomic E-state index is 0.0443. The van der Waals surface area contributed by atoms with Crippen LogP contribution in [0.4, 0.5) is 43.9 Å². The summed E-state index contributed by atoms with van der Waals surface area (Å²) in [7, 11) is -1.31. The highest BCUT2D eigenvalue weighted by Crippen LogP contribution is 2.34. The van der Waals surface area contributed by atoms with Gasteiger partial charge in [0, 0.05) is 141 Å². The molecule has 0 atom stereocenters. The first-order chi connectivity index (χ1) is 66.7. The molecule has 44 heteroatoms. The third-order valence-electron chi connectivity index (χ3n) is 21.5. The minimum Gasteiger partial charge on any atom is -0.351 e. The number of carbonyl (C=O) groups excluding carboxylic acids is 1. The Morgan fingerprint density at radius 1 is 0.420 bits per heavy atom. The number of nitrogens with two attached hydrogens (primary N) is 1. The van der Waals surface area contributed by atoms with Crippen molar-refractivity contribution in [3.8, 4) is 109 Å². The lowest BCUT2D eigenvalue weighted by atomic mass is 10.0. The molecule has 0 fully saturated rings. The lowest BCUT2D eigenvalue weighted by molar-refractivity contribution is -0.128. The van der Waals surface area contributed by atoms with E-state index in [1.807, 2.05) is 104 Å². The lowest BCUT2D eigenvalue weighted by Crippen LogP contribution is -2.32. The second-order valence-electron chi connectivity index (χ2n) is 30.6. The summed E-state index contributed by atoms with van der Waals surface area (Å²) in [6.07, 6.45) is 21.2. The van der Waals surface area contributed by atoms with E-state index in [1.165, 1.54) is 103 Å². The molecule has 16 aromatic heterocycles. The molecule has 0 bridgehead atoms. The number of aromatic nitrogens is 26. The molecule has 138 heavy (non-hydrogen) atoms. The number of hydrogen-bond acceptors (Lipinski definition) is 25. The first kappa shape index (κ1) is 92.6. The summed E-state index contributed by atoms with van der Waals surface area (Å²) in [5.74, 6) is 1.90. The van der Waals surface area contributed by atoms with Gasteiger partial charge in [0.2, 0.25) is 15.9 Å². The second kappa shape index (κ2) is 40.7. The number of imidazole rings is 5. The van der Waals surface area contributed by atoms with Gasteiger partial charge in [0.15, 0.2) is 57.4 Å². The van der Waals surface area contributed by atoms with Crippen LogP contribution in [-0.2, 0) is 41.4 Å². The summed E-state index contributed by atoms with van der Waals surface area (Å²) in [4.78, 5) is 96.9. The molecule has 1 aliphatic rings. The van der Waals surface area contributed by atoms with Crippen molar-refractivity contribution in [1.82, 2.24) is 136 Å². The summed E-state index contributed by atoms with van der Waals surface area (Å²) in [6, 6.07) is 41.6. The van der Waals surface area contributed by atoms with E-state index in [-0.39, 0.29) is 40.9 Å². The summed E-state index contributed by atoms with van der Waals surface area (Å²) in [5.41, 5.74) is 20.4. The van der Waals surface area contributed by atoms with Crippen LogP contribution in [-0.4, -0.2) is 165 Å². The second-order valence-corrected chi connectivity index (χ2v) is 32.5. The van der Waals surface area contributed by atoms with Gasteiger partial charge in [-0.1, -0.05) is 66.7 Å². The van der Waals surface area contributed by atoms with Gasteiger partial charge in [-0.3, -0.25) is 26.8 Å². The first-order valence-corrected chi connectivity index (χ1v) is 43.7. The summed E-state index contributed by atoms with van der Waals surface area (Å²) in [6.45, 7) is 3.32. The van der Waals surface area contributed by atoms with Crippen LogP contribution in [0.5, 0.6) is 0 Å². The van der Waals surface area contributed by atoms with Gasteiger partial charge in [0.1, 0.15) is 56.9 Å². The molecule has 0 saturated heterocycles. The fourth-order valence-corrected chi connectivity index (χ4v) is 15.0. The summed E-state index contributed by atoms with van der Waals surface area (Å²) < 4.78 is 165. The number of fused-ring (bicyclic) bond motifs is 6. The highest BCUT2D eigenvalue weighted by atomic mass is 32.2. The number of rotatable bonds is 20. The van der Waals surface area contributed by atoms with Crippen molar-refractivity contribution < 1.29 is 57.1 Å². The first-order valence-electron chi connectivity index (χ1n) is 41.8. The Morgan fingerprint density at radius 2 is 0.754 bits per heavy atom. The average molecular weight is 1890 g/mol. The Bertz CT molecular complexity index is 8100. The highest BCUT2D eigenvalue weighted by Gasteiger charge is 2.24. The maximum Gasteiger partial charge on any atom is 0.281 e. The molecule has 3 N–H and O–H groups in total. The largest absolute Gasteiger partial charge is 0.351 e. The molecule has 4 aromatic carbocycles. The monoisotopic (exact) mass is 1890 g/mol. The molecule has 17 heterocycles. The SMILES string of the molecule is CC(=O)N1CC=C(c2ccnc(-c3cnc4cnc(C(F)F)cn34)n2)CC1.CS(=O)(=O)NCc1cccc(-c2ccnc(-c3cnc4cnc(C(F)F)cn34)n2)c1.Cn1ccc2cc(-c3ccnc(-c4cnc5cnc(C(F)F)cn45)n3)ccc21.N#CCc1cccc(-c2ccnc(-c3cnc4cnc(C(F)F)cn34)n2)c1.NCc1cccc(-c2ccnc(-c3cnc4cnc(C(F)F)cn34)n2)c1. The molecule has 0 unspecified atom stereocenters. The molecule has 0 saturated carbocycles. The third kappa shape index (κ3) is 21.1. The van der Waals surface area contributed by atoms with Crippen LogP contribution >= 0.6 is 0 Å². The molecule has 21 rings (SSSR count). The van der Waals surface area contributed by atoms with E-state index in [4.69, 9.17) is 11.0 Å². The molecule has 33 nitrogen and oxygen atoms in total. The number of nitriles is 1. The quantitative estimate of drug-likeness (QED) is 0.0669. The third-order valence-corrected chi connectivity index (χ3v) is 22.2. The number of aryl methyl sites for hydroxylation is 1. The van der Waals surface area contributed by atoms with Crippen LogP contribution < -0.4 is 10.5 Å². The lowest BCUT2D eigenvalue weighted by Gasteiger charge is -2.25. The maximum atomic E-state index is 13.0. The number of alkyl halides is 10. The predicted octanol–water partition coefficient (Wildman–Crippen LogP) is 17.0. The maximum absolute atomic E-state index is 13.0. The Morgan fingerprint density at radius 3 is 1.09 bits per heavy atom.